The van der Waals surface area contributed by atoms with Gasteiger partial charge in [0.05, 0.1) is 4.90 Å². The minimum Gasteiger partial charge on any atom is -0.506 e. The zero-order chi connectivity index (χ0) is 19.3. The molecule has 27 heavy (non-hydrogen) atoms. The van der Waals surface area contributed by atoms with Crippen LogP contribution >= 0.6 is 15.9 Å². The maximum absolute atomic E-state index is 12.8. The number of piperidine rings is 1. The zero-order valence-electron chi connectivity index (χ0n) is 14.8. The van der Waals surface area contributed by atoms with Crippen molar-refractivity contribution >= 4 is 43.9 Å². The van der Waals surface area contributed by atoms with E-state index >= 15 is 0 Å². The number of aliphatic imine (C=N–C) groups is 1. The molecule has 3 rings (SSSR count). The number of hydrogen-bond donors (Lipinski definition) is 1. The van der Waals surface area contributed by atoms with Gasteiger partial charge in [0, 0.05) is 23.8 Å². The van der Waals surface area contributed by atoms with Crippen LogP contribution in [0.1, 0.15) is 24.8 Å². The van der Waals surface area contributed by atoms with Crippen LogP contribution in [0.5, 0.6) is 5.75 Å². The van der Waals surface area contributed by atoms with Crippen molar-refractivity contribution in [3.05, 3.63) is 58.6 Å². The van der Waals surface area contributed by atoms with Crippen LogP contribution in [0.3, 0.4) is 0 Å². The third-order valence-corrected chi connectivity index (χ3v) is 6.66. The molecule has 0 radical (unpaired) electrons. The third-order valence-electron chi connectivity index (χ3n) is 4.33. The van der Waals surface area contributed by atoms with Gasteiger partial charge in [-0.1, -0.05) is 36.8 Å². The van der Waals surface area contributed by atoms with Gasteiger partial charge in [0.25, 0.3) is 0 Å². The van der Waals surface area contributed by atoms with E-state index in [0.29, 0.717) is 17.6 Å². The van der Waals surface area contributed by atoms with Crippen LogP contribution in [0.15, 0.2) is 62.9 Å². The lowest BCUT2D eigenvalue weighted by Gasteiger charge is -2.25. The van der Waals surface area contributed by atoms with E-state index in [-0.39, 0.29) is 16.3 Å². The van der Waals surface area contributed by atoms with E-state index in [9.17, 15) is 13.5 Å². The van der Waals surface area contributed by atoms with E-state index in [4.69, 9.17) is 0 Å². The highest BCUT2D eigenvalue weighted by atomic mass is 79.9. The molecule has 1 N–H and O–H groups in total. The van der Waals surface area contributed by atoms with Gasteiger partial charge in [0.15, 0.2) is 0 Å². The number of aromatic hydroxyl groups is 1. The van der Waals surface area contributed by atoms with Gasteiger partial charge in [0.2, 0.25) is 10.0 Å². The van der Waals surface area contributed by atoms with Crippen molar-refractivity contribution in [1.29, 1.82) is 0 Å². The summed E-state index contributed by atoms with van der Waals surface area (Å²) in [5.74, 6) is -0.0659. The smallest absolute Gasteiger partial charge is 0.243 e. The van der Waals surface area contributed by atoms with E-state index in [1.54, 1.807) is 6.21 Å². The van der Waals surface area contributed by atoms with Gasteiger partial charge in [-0.2, -0.15) is 4.31 Å². The number of hydrogen-bond acceptors (Lipinski definition) is 4. The predicted molar refractivity (Wildman–Crippen MR) is 112 cm³/mol. The molecule has 0 saturated carbocycles. The highest BCUT2D eigenvalue weighted by Crippen LogP contribution is 2.31. The summed E-state index contributed by atoms with van der Waals surface area (Å²) >= 11 is 3.42. The Labute approximate surface area is 168 Å². The van der Waals surface area contributed by atoms with Crippen LogP contribution in [0, 0.1) is 0 Å². The van der Waals surface area contributed by atoms with Gasteiger partial charge in [-0.05, 0) is 58.6 Å². The first kappa shape index (κ1) is 19.8. The molecule has 1 aliphatic rings. The molecule has 1 aliphatic heterocycles. The molecule has 1 heterocycles. The summed E-state index contributed by atoms with van der Waals surface area (Å²) in [6, 6.07) is 13.9. The first-order chi connectivity index (χ1) is 13.0. The Kier molecular flexibility index (Phi) is 6.46. The second kappa shape index (κ2) is 8.82. The number of nitrogens with zero attached hydrogens (tertiary/aromatic N) is 2. The van der Waals surface area contributed by atoms with Crippen molar-refractivity contribution in [2.45, 2.75) is 24.2 Å². The van der Waals surface area contributed by atoms with Crippen molar-refractivity contribution in [3.8, 4) is 5.75 Å². The van der Waals surface area contributed by atoms with Crippen molar-refractivity contribution < 1.29 is 13.5 Å². The van der Waals surface area contributed by atoms with Gasteiger partial charge < -0.3 is 5.11 Å². The number of rotatable bonds is 5. The summed E-state index contributed by atoms with van der Waals surface area (Å²) < 4.78 is 27.8. The number of halogens is 1. The number of benzene rings is 2. The maximum atomic E-state index is 12.8. The molecule has 1 saturated heterocycles. The summed E-state index contributed by atoms with van der Waals surface area (Å²) in [6.45, 7) is 1.07. The molecule has 0 aliphatic carbocycles. The van der Waals surface area contributed by atoms with Crippen LogP contribution in [-0.4, -0.2) is 37.1 Å². The van der Waals surface area contributed by atoms with Gasteiger partial charge in [-0.25, -0.2) is 8.42 Å². The first-order valence-corrected chi connectivity index (χ1v) is 11.0. The number of phenols is 1. The fourth-order valence-electron chi connectivity index (χ4n) is 2.90. The van der Waals surface area contributed by atoms with Crippen LogP contribution in [0.25, 0.3) is 6.08 Å². The fraction of sp³-hybridized carbons (Fsp3) is 0.250. The van der Waals surface area contributed by atoms with E-state index in [1.807, 2.05) is 36.4 Å². The molecular formula is C20H21BrN2O3S. The lowest BCUT2D eigenvalue weighted by molar-refractivity contribution is 0.346. The summed E-state index contributed by atoms with van der Waals surface area (Å²) in [6.07, 6.45) is 6.23. The molecule has 0 atom stereocenters. The predicted octanol–water partition coefficient (Wildman–Crippen LogP) is 4.71. The average Bonchev–Trinajstić information content (AvgIpc) is 2.68. The fourth-order valence-corrected chi connectivity index (χ4v) is 4.80. The van der Waals surface area contributed by atoms with E-state index in [0.717, 1.165) is 24.8 Å². The van der Waals surface area contributed by atoms with Crippen molar-refractivity contribution in [2.24, 2.45) is 4.99 Å². The summed E-state index contributed by atoms with van der Waals surface area (Å²) in [4.78, 5) is 4.40. The van der Waals surface area contributed by atoms with Crippen molar-refractivity contribution in [2.75, 3.05) is 13.1 Å². The van der Waals surface area contributed by atoms with Gasteiger partial charge in [-0.15, -0.1) is 0 Å². The standard InChI is InChI=1S/C20H21BrN2O3S/c21-17(13-16-7-3-1-4-8-16)15-22-19-14-18(9-10-20(19)24)27(25,26)23-11-5-2-6-12-23/h1,3-4,7-10,13-15,24H,2,5-6,11-12H2. The van der Waals surface area contributed by atoms with Crippen LogP contribution in [-0.2, 0) is 10.0 Å². The second-order valence-corrected chi connectivity index (χ2v) is 9.17. The normalized spacial score (nSPS) is 16.7. The largest absolute Gasteiger partial charge is 0.506 e. The van der Waals surface area contributed by atoms with E-state index in [1.165, 1.54) is 22.5 Å². The number of allylic oxidation sites excluding steroid dienone is 1. The van der Waals surface area contributed by atoms with Crippen molar-refractivity contribution in [1.82, 2.24) is 4.31 Å². The molecule has 7 heteroatoms. The van der Waals surface area contributed by atoms with Gasteiger partial charge >= 0.3 is 0 Å². The number of phenolic OH excluding ortho intramolecular Hbond substituents is 1. The molecule has 5 nitrogen and oxygen atoms in total. The number of sulfonamides is 1. The molecule has 142 valence electrons. The molecule has 0 unspecified atom stereocenters. The van der Waals surface area contributed by atoms with Gasteiger partial charge in [0.1, 0.15) is 11.4 Å². The summed E-state index contributed by atoms with van der Waals surface area (Å²) in [5, 5.41) is 10.1. The van der Waals surface area contributed by atoms with Gasteiger partial charge in [-0.3, -0.25) is 4.99 Å². The molecule has 2 aromatic rings. The molecular weight excluding hydrogens is 428 g/mol. The minimum absolute atomic E-state index is 0.0659. The monoisotopic (exact) mass is 448 g/mol. The van der Waals surface area contributed by atoms with Crippen molar-refractivity contribution in [3.63, 3.8) is 0 Å². The lowest BCUT2D eigenvalue weighted by Crippen LogP contribution is -2.35. The Balaban J connectivity index is 1.84. The third kappa shape index (κ3) is 5.06. The highest BCUT2D eigenvalue weighted by molar-refractivity contribution is 9.12. The molecule has 0 bridgehead atoms. The quantitative estimate of drug-likeness (QED) is 0.673. The zero-order valence-corrected chi connectivity index (χ0v) is 17.2. The van der Waals surface area contributed by atoms with Crippen LogP contribution in [0.2, 0.25) is 0 Å². The first-order valence-electron chi connectivity index (χ1n) is 8.76. The molecule has 1 fully saturated rings. The topological polar surface area (TPSA) is 70.0 Å². The minimum atomic E-state index is -3.57. The Morgan fingerprint density at radius 1 is 1.07 bits per heavy atom. The van der Waals surface area contributed by atoms with Crippen LogP contribution in [0.4, 0.5) is 5.69 Å². The summed E-state index contributed by atoms with van der Waals surface area (Å²) in [7, 11) is -3.57. The Morgan fingerprint density at radius 3 is 2.48 bits per heavy atom. The lowest BCUT2D eigenvalue weighted by atomic mass is 10.2. The maximum Gasteiger partial charge on any atom is 0.243 e. The molecule has 0 spiro atoms. The average molecular weight is 449 g/mol. The molecule has 2 aromatic carbocycles. The molecule has 0 aromatic heterocycles. The SMILES string of the molecule is O=S(=O)(c1ccc(O)c(N=CC(Br)=Cc2ccccc2)c1)N1CCCCC1. The Morgan fingerprint density at radius 2 is 1.78 bits per heavy atom. The summed E-state index contributed by atoms with van der Waals surface area (Å²) in [5.41, 5.74) is 1.22. The van der Waals surface area contributed by atoms with E-state index < -0.39 is 10.0 Å². The Hall–Kier alpha value is -1.96. The second-order valence-electron chi connectivity index (χ2n) is 6.31. The highest BCUT2D eigenvalue weighted by Gasteiger charge is 2.26. The van der Waals surface area contributed by atoms with Crippen LogP contribution < -0.4 is 0 Å². The molecule has 0 amide bonds. The Bertz CT molecular complexity index is 950. The van der Waals surface area contributed by atoms with E-state index in [2.05, 4.69) is 20.9 Å².